The standard InChI is InChI=1S/C14H30N2O/c1-7-11(2)10-12(3)16-13(17)8-9-15-14(4,5)6/h11-12,15H,7-10H2,1-6H3,(H,16,17). The highest BCUT2D eigenvalue weighted by Crippen LogP contribution is 2.09. The number of nitrogens with one attached hydrogen (secondary N) is 2. The van der Waals surface area contributed by atoms with Crippen LogP contribution in [0.25, 0.3) is 0 Å². The quantitative estimate of drug-likeness (QED) is 0.720. The maximum Gasteiger partial charge on any atom is 0.221 e. The van der Waals surface area contributed by atoms with Crippen molar-refractivity contribution in [3.05, 3.63) is 0 Å². The molecule has 0 aromatic heterocycles. The Bertz CT molecular complexity index is 221. The summed E-state index contributed by atoms with van der Waals surface area (Å²) in [5.41, 5.74) is 0.0859. The average Bonchev–Trinajstić information content (AvgIpc) is 2.14. The maximum absolute atomic E-state index is 11.7. The molecule has 0 spiro atoms. The Morgan fingerprint density at radius 2 is 1.82 bits per heavy atom. The molecule has 2 unspecified atom stereocenters. The van der Waals surface area contributed by atoms with Gasteiger partial charge in [-0.05, 0) is 40.0 Å². The van der Waals surface area contributed by atoms with E-state index in [1.165, 1.54) is 6.42 Å². The Balaban J connectivity index is 3.71. The zero-order chi connectivity index (χ0) is 13.5. The van der Waals surface area contributed by atoms with Gasteiger partial charge in [-0.3, -0.25) is 4.79 Å². The summed E-state index contributed by atoms with van der Waals surface area (Å²) in [7, 11) is 0. The Morgan fingerprint density at radius 1 is 1.24 bits per heavy atom. The number of carbonyl (C=O) groups is 1. The fourth-order valence-corrected chi connectivity index (χ4v) is 1.73. The lowest BCUT2D eigenvalue weighted by molar-refractivity contribution is -0.121. The third-order valence-corrected chi connectivity index (χ3v) is 2.87. The smallest absolute Gasteiger partial charge is 0.221 e. The van der Waals surface area contributed by atoms with E-state index in [2.05, 4.69) is 52.2 Å². The topological polar surface area (TPSA) is 41.1 Å². The van der Waals surface area contributed by atoms with Crippen LogP contribution >= 0.6 is 0 Å². The van der Waals surface area contributed by atoms with Crippen LogP contribution in [0.15, 0.2) is 0 Å². The molecule has 102 valence electrons. The van der Waals surface area contributed by atoms with Crippen molar-refractivity contribution in [3.8, 4) is 0 Å². The van der Waals surface area contributed by atoms with Crippen molar-refractivity contribution in [1.29, 1.82) is 0 Å². The van der Waals surface area contributed by atoms with Gasteiger partial charge in [0.05, 0.1) is 0 Å². The molecule has 0 radical (unpaired) electrons. The third-order valence-electron chi connectivity index (χ3n) is 2.87. The van der Waals surface area contributed by atoms with E-state index in [0.717, 1.165) is 13.0 Å². The van der Waals surface area contributed by atoms with Gasteiger partial charge in [0.25, 0.3) is 0 Å². The number of rotatable bonds is 7. The van der Waals surface area contributed by atoms with Crippen LogP contribution in [0.5, 0.6) is 0 Å². The highest BCUT2D eigenvalue weighted by atomic mass is 16.1. The molecule has 0 bridgehead atoms. The predicted octanol–water partition coefficient (Wildman–Crippen LogP) is 2.71. The van der Waals surface area contributed by atoms with Crippen LogP contribution in [0.3, 0.4) is 0 Å². The van der Waals surface area contributed by atoms with Crippen LogP contribution in [-0.4, -0.2) is 24.0 Å². The van der Waals surface area contributed by atoms with E-state index in [1.54, 1.807) is 0 Å². The molecule has 2 atom stereocenters. The summed E-state index contributed by atoms with van der Waals surface area (Å²) < 4.78 is 0. The highest BCUT2D eigenvalue weighted by Gasteiger charge is 2.12. The van der Waals surface area contributed by atoms with Crippen molar-refractivity contribution < 1.29 is 4.79 Å². The number of hydrogen-bond donors (Lipinski definition) is 2. The van der Waals surface area contributed by atoms with Gasteiger partial charge in [-0.2, -0.15) is 0 Å². The Hall–Kier alpha value is -0.570. The molecule has 0 aromatic rings. The molecular formula is C14H30N2O. The molecule has 0 aliphatic heterocycles. The van der Waals surface area contributed by atoms with E-state index >= 15 is 0 Å². The number of hydrogen-bond acceptors (Lipinski definition) is 2. The van der Waals surface area contributed by atoms with Crippen LogP contribution < -0.4 is 10.6 Å². The van der Waals surface area contributed by atoms with Gasteiger partial charge in [0.15, 0.2) is 0 Å². The first-order valence-corrected chi connectivity index (χ1v) is 6.79. The first-order chi connectivity index (χ1) is 7.74. The molecule has 3 heteroatoms. The predicted molar refractivity (Wildman–Crippen MR) is 74.0 cm³/mol. The molecule has 0 saturated heterocycles. The van der Waals surface area contributed by atoms with Crippen LogP contribution in [-0.2, 0) is 4.79 Å². The van der Waals surface area contributed by atoms with Gasteiger partial charge in [0.1, 0.15) is 0 Å². The molecule has 17 heavy (non-hydrogen) atoms. The second kappa shape index (κ2) is 7.70. The van der Waals surface area contributed by atoms with Crippen molar-refractivity contribution in [2.24, 2.45) is 5.92 Å². The molecule has 0 saturated carbocycles. The van der Waals surface area contributed by atoms with Gasteiger partial charge >= 0.3 is 0 Å². The summed E-state index contributed by atoms with van der Waals surface area (Å²) in [6.45, 7) is 13.6. The van der Waals surface area contributed by atoms with Crippen molar-refractivity contribution >= 4 is 5.91 Å². The normalized spacial score (nSPS) is 15.4. The fraction of sp³-hybridized carbons (Fsp3) is 0.929. The van der Waals surface area contributed by atoms with Crippen LogP contribution in [0.2, 0.25) is 0 Å². The molecule has 0 aliphatic rings. The zero-order valence-corrected chi connectivity index (χ0v) is 12.4. The molecule has 0 rings (SSSR count). The molecule has 3 nitrogen and oxygen atoms in total. The monoisotopic (exact) mass is 242 g/mol. The molecule has 0 aromatic carbocycles. The van der Waals surface area contributed by atoms with Gasteiger partial charge in [0.2, 0.25) is 5.91 Å². The SMILES string of the molecule is CCC(C)CC(C)NC(=O)CCNC(C)(C)C. The minimum atomic E-state index is 0.0859. The molecule has 2 N–H and O–H groups in total. The summed E-state index contributed by atoms with van der Waals surface area (Å²) in [5, 5.41) is 6.37. The van der Waals surface area contributed by atoms with Crippen molar-refractivity contribution in [2.45, 2.75) is 72.4 Å². The first kappa shape index (κ1) is 16.4. The average molecular weight is 242 g/mol. The van der Waals surface area contributed by atoms with E-state index in [4.69, 9.17) is 0 Å². The molecule has 0 aliphatic carbocycles. The van der Waals surface area contributed by atoms with Crippen molar-refractivity contribution in [1.82, 2.24) is 10.6 Å². The lowest BCUT2D eigenvalue weighted by Crippen LogP contribution is -2.40. The lowest BCUT2D eigenvalue weighted by atomic mass is 10.0. The second-order valence-electron chi connectivity index (χ2n) is 6.14. The minimum absolute atomic E-state index is 0.0859. The minimum Gasteiger partial charge on any atom is -0.354 e. The third kappa shape index (κ3) is 10.3. The first-order valence-electron chi connectivity index (χ1n) is 6.79. The summed E-state index contributed by atoms with van der Waals surface area (Å²) in [6, 6.07) is 0.284. The van der Waals surface area contributed by atoms with Gasteiger partial charge in [-0.25, -0.2) is 0 Å². The summed E-state index contributed by atoms with van der Waals surface area (Å²) >= 11 is 0. The van der Waals surface area contributed by atoms with E-state index in [0.29, 0.717) is 12.3 Å². The van der Waals surface area contributed by atoms with E-state index in [1.807, 2.05) is 0 Å². The summed E-state index contributed by atoms with van der Waals surface area (Å²) in [4.78, 5) is 11.7. The summed E-state index contributed by atoms with van der Waals surface area (Å²) in [6.07, 6.45) is 2.79. The lowest BCUT2D eigenvalue weighted by Gasteiger charge is -2.21. The number of amides is 1. The highest BCUT2D eigenvalue weighted by molar-refractivity contribution is 5.76. The largest absolute Gasteiger partial charge is 0.354 e. The number of carbonyl (C=O) groups excluding carboxylic acids is 1. The van der Waals surface area contributed by atoms with Crippen LogP contribution in [0.4, 0.5) is 0 Å². The zero-order valence-electron chi connectivity index (χ0n) is 12.4. The van der Waals surface area contributed by atoms with Crippen molar-refractivity contribution in [3.63, 3.8) is 0 Å². The van der Waals surface area contributed by atoms with Crippen LogP contribution in [0, 0.1) is 5.92 Å². The maximum atomic E-state index is 11.7. The molecule has 1 amide bonds. The van der Waals surface area contributed by atoms with Gasteiger partial charge < -0.3 is 10.6 Å². The summed E-state index contributed by atoms with van der Waals surface area (Å²) in [5.74, 6) is 0.829. The molecule has 0 heterocycles. The Kier molecular flexibility index (Phi) is 7.44. The van der Waals surface area contributed by atoms with Gasteiger partial charge in [0, 0.05) is 24.5 Å². The van der Waals surface area contributed by atoms with Gasteiger partial charge in [-0.1, -0.05) is 20.3 Å². The Labute approximate surface area is 107 Å². The Morgan fingerprint density at radius 3 is 2.29 bits per heavy atom. The van der Waals surface area contributed by atoms with Gasteiger partial charge in [-0.15, -0.1) is 0 Å². The van der Waals surface area contributed by atoms with E-state index in [-0.39, 0.29) is 17.5 Å². The fourth-order valence-electron chi connectivity index (χ4n) is 1.73. The van der Waals surface area contributed by atoms with E-state index < -0.39 is 0 Å². The molecular weight excluding hydrogens is 212 g/mol. The van der Waals surface area contributed by atoms with E-state index in [9.17, 15) is 4.79 Å². The molecule has 0 fully saturated rings. The second-order valence-corrected chi connectivity index (χ2v) is 6.14. The van der Waals surface area contributed by atoms with Crippen LogP contribution in [0.1, 0.15) is 60.8 Å². The van der Waals surface area contributed by atoms with Crippen molar-refractivity contribution in [2.75, 3.05) is 6.54 Å².